The molecule has 0 spiro atoms. The lowest BCUT2D eigenvalue weighted by Gasteiger charge is -2.32. The average molecular weight is 463 g/mol. The van der Waals surface area contributed by atoms with Crippen LogP contribution in [0.3, 0.4) is 0 Å². The second kappa shape index (κ2) is 9.54. The number of hydrogen-bond donors (Lipinski definition) is 2. The molecule has 8 heteroatoms. The Morgan fingerprint density at radius 2 is 1.97 bits per heavy atom. The van der Waals surface area contributed by atoms with Crippen LogP contribution in [0.2, 0.25) is 0 Å². The van der Waals surface area contributed by atoms with Crippen molar-refractivity contribution in [1.82, 2.24) is 20.5 Å². The average Bonchev–Trinajstić information content (AvgIpc) is 3.14. The molecule has 1 aromatic heterocycles. The SMILES string of the molecule is Cc1cccc(CN[C@H]2CCCC[C@H]2Oc2ccc3c(c2)CN(C2CCC(=O)NC2=O)C3=O)n1. The maximum atomic E-state index is 12.9. The van der Waals surface area contributed by atoms with Crippen molar-refractivity contribution in [3.8, 4) is 5.75 Å². The van der Waals surface area contributed by atoms with Crippen LogP contribution in [0, 0.1) is 6.92 Å². The van der Waals surface area contributed by atoms with E-state index in [1.165, 1.54) is 6.42 Å². The number of benzene rings is 1. The van der Waals surface area contributed by atoms with Crippen LogP contribution in [0.4, 0.5) is 0 Å². The van der Waals surface area contributed by atoms with Crippen molar-refractivity contribution in [1.29, 1.82) is 0 Å². The fourth-order valence-corrected chi connectivity index (χ4v) is 5.20. The van der Waals surface area contributed by atoms with Gasteiger partial charge in [-0.3, -0.25) is 24.7 Å². The summed E-state index contributed by atoms with van der Waals surface area (Å²) in [6.07, 6.45) is 4.95. The predicted octanol–water partition coefficient (Wildman–Crippen LogP) is 2.63. The predicted molar refractivity (Wildman–Crippen MR) is 125 cm³/mol. The minimum Gasteiger partial charge on any atom is -0.489 e. The molecular formula is C26H30N4O4. The van der Waals surface area contributed by atoms with Crippen LogP contribution < -0.4 is 15.4 Å². The zero-order valence-electron chi connectivity index (χ0n) is 19.4. The van der Waals surface area contributed by atoms with Crippen LogP contribution in [-0.4, -0.2) is 45.8 Å². The van der Waals surface area contributed by atoms with Crippen molar-refractivity contribution < 1.29 is 19.1 Å². The summed E-state index contributed by atoms with van der Waals surface area (Å²) in [6.45, 7) is 3.05. The molecule has 3 aliphatic rings. The molecule has 0 radical (unpaired) electrons. The number of hydrogen-bond acceptors (Lipinski definition) is 6. The first kappa shape index (κ1) is 22.5. The largest absolute Gasteiger partial charge is 0.489 e. The molecule has 8 nitrogen and oxygen atoms in total. The monoisotopic (exact) mass is 462 g/mol. The molecule has 1 saturated heterocycles. The van der Waals surface area contributed by atoms with Crippen molar-refractivity contribution in [3.63, 3.8) is 0 Å². The van der Waals surface area contributed by atoms with E-state index >= 15 is 0 Å². The summed E-state index contributed by atoms with van der Waals surface area (Å²) < 4.78 is 6.42. The van der Waals surface area contributed by atoms with Crippen molar-refractivity contribution in [2.75, 3.05) is 0 Å². The quantitative estimate of drug-likeness (QED) is 0.640. The van der Waals surface area contributed by atoms with E-state index in [-0.39, 0.29) is 30.4 Å². The highest BCUT2D eigenvalue weighted by Gasteiger charge is 2.39. The lowest BCUT2D eigenvalue weighted by molar-refractivity contribution is -0.136. The Kier molecular flexibility index (Phi) is 6.32. The number of aromatic nitrogens is 1. The fraction of sp³-hybridized carbons (Fsp3) is 0.462. The number of imide groups is 1. The third-order valence-corrected chi connectivity index (χ3v) is 6.98. The van der Waals surface area contributed by atoms with Crippen LogP contribution in [-0.2, 0) is 22.7 Å². The van der Waals surface area contributed by atoms with Crippen LogP contribution in [0.15, 0.2) is 36.4 Å². The molecular weight excluding hydrogens is 432 g/mol. The number of rotatable bonds is 6. The summed E-state index contributed by atoms with van der Waals surface area (Å²) in [5, 5.41) is 5.97. The van der Waals surface area contributed by atoms with Gasteiger partial charge in [0.1, 0.15) is 17.9 Å². The van der Waals surface area contributed by atoms with E-state index in [4.69, 9.17) is 4.74 Å². The van der Waals surface area contributed by atoms with E-state index in [0.717, 1.165) is 42.0 Å². The fourth-order valence-electron chi connectivity index (χ4n) is 5.20. The standard InChI is InChI=1S/C26H30N4O4/c1-16-5-4-6-18(28-16)14-27-21-7-2-3-8-23(21)34-19-9-10-20-17(13-19)15-30(26(20)33)22-11-12-24(31)29-25(22)32/h4-6,9-10,13,21-23,27H,2-3,7-8,11-12,14-15H2,1H3,(H,29,31,32)/t21-,22?,23+/m0/s1. The molecule has 2 N–H and O–H groups in total. The van der Waals surface area contributed by atoms with Crippen LogP contribution in [0.25, 0.3) is 0 Å². The number of fused-ring (bicyclic) bond motifs is 1. The summed E-state index contributed by atoms with van der Waals surface area (Å²) in [7, 11) is 0. The summed E-state index contributed by atoms with van der Waals surface area (Å²) in [5.74, 6) is -0.106. The molecule has 3 atom stereocenters. The first-order valence-corrected chi connectivity index (χ1v) is 12.1. The molecule has 3 amide bonds. The number of carbonyl (C=O) groups excluding carboxylic acids is 3. The Hall–Kier alpha value is -3.26. The van der Waals surface area contributed by atoms with Gasteiger partial charge >= 0.3 is 0 Å². The first-order valence-electron chi connectivity index (χ1n) is 12.1. The number of piperidine rings is 1. The van der Waals surface area contributed by atoms with Gasteiger partial charge in [0, 0.05) is 36.8 Å². The van der Waals surface area contributed by atoms with Gasteiger partial charge < -0.3 is 15.0 Å². The van der Waals surface area contributed by atoms with Crippen molar-refractivity contribution >= 4 is 17.7 Å². The molecule has 34 heavy (non-hydrogen) atoms. The minimum absolute atomic E-state index is 0.0416. The molecule has 178 valence electrons. The highest BCUT2D eigenvalue weighted by atomic mass is 16.5. The molecule has 1 saturated carbocycles. The molecule has 1 aromatic carbocycles. The third-order valence-electron chi connectivity index (χ3n) is 6.98. The van der Waals surface area contributed by atoms with Gasteiger partial charge in [0.05, 0.1) is 5.69 Å². The molecule has 3 heterocycles. The lowest BCUT2D eigenvalue weighted by atomic mass is 9.92. The number of nitrogens with one attached hydrogen (secondary N) is 2. The van der Waals surface area contributed by atoms with E-state index in [9.17, 15) is 14.4 Å². The molecule has 2 aromatic rings. The van der Waals surface area contributed by atoms with E-state index in [0.29, 0.717) is 25.1 Å². The number of amides is 3. The number of carbonyl (C=O) groups is 3. The molecule has 1 aliphatic carbocycles. The molecule has 5 rings (SSSR count). The zero-order valence-corrected chi connectivity index (χ0v) is 19.4. The van der Waals surface area contributed by atoms with Crippen LogP contribution in [0.5, 0.6) is 5.75 Å². The highest BCUT2D eigenvalue weighted by Crippen LogP contribution is 2.32. The van der Waals surface area contributed by atoms with Crippen LogP contribution in [0.1, 0.15) is 65.8 Å². The summed E-state index contributed by atoms with van der Waals surface area (Å²) >= 11 is 0. The molecule has 2 aliphatic heterocycles. The maximum Gasteiger partial charge on any atom is 0.255 e. The molecule has 0 bridgehead atoms. The number of pyridine rings is 1. The Balaban J connectivity index is 1.25. The number of ether oxygens (including phenoxy) is 1. The second-order valence-electron chi connectivity index (χ2n) is 9.42. The van der Waals surface area contributed by atoms with Crippen molar-refractivity contribution in [3.05, 3.63) is 58.9 Å². The Morgan fingerprint density at radius 1 is 1.12 bits per heavy atom. The van der Waals surface area contributed by atoms with Gasteiger partial charge in [-0.25, -0.2) is 0 Å². The van der Waals surface area contributed by atoms with Crippen LogP contribution >= 0.6 is 0 Å². The summed E-state index contributed by atoms with van der Waals surface area (Å²) in [4.78, 5) is 42.8. The van der Waals surface area contributed by atoms with Gasteiger partial charge in [-0.15, -0.1) is 0 Å². The molecule has 1 unspecified atom stereocenters. The van der Waals surface area contributed by atoms with Crippen molar-refractivity contribution in [2.45, 2.75) is 76.7 Å². The van der Waals surface area contributed by atoms with Gasteiger partial charge in [-0.1, -0.05) is 12.5 Å². The van der Waals surface area contributed by atoms with Crippen molar-refractivity contribution in [2.24, 2.45) is 0 Å². The maximum absolute atomic E-state index is 12.9. The van der Waals surface area contributed by atoms with Gasteiger partial charge in [0.15, 0.2) is 0 Å². The van der Waals surface area contributed by atoms with E-state index in [2.05, 4.69) is 15.6 Å². The summed E-state index contributed by atoms with van der Waals surface area (Å²) in [6, 6.07) is 11.2. The second-order valence-corrected chi connectivity index (χ2v) is 9.42. The van der Waals surface area contributed by atoms with E-state index in [1.807, 2.05) is 37.3 Å². The minimum atomic E-state index is -0.607. The Labute approximate surface area is 199 Å². The molecule has 2 fully saturated rings. The summed E-state index contributed by atoms with van der Waals surface area (Å²) in [5.41, 5.74) is 3.49. The Morgan fingerprint density at radius 3 is 2.79 bits per heavy atom. The van der Waals surface area contributed by atoms with E-state index in [1.54, 1.807) is 11.0 Å². The van der Waals surface area contributed by atoms with Gasteiger partial charge in [-0.05, 0) is 68.5 Å². The lowest BCUT2D eigenvalue weighted by Crippen LogP contribution is -2.52. The highest BCUT2D eigenvalue weighted by molar-refractivity contribution is 6.05. The normalized spacial score (nSPS) is 24.7. The number of nitrogens with zero attached hydrogens (tertiary/aromatic N) is 2. The van der Waals surface area contributed by atoms with Gasteiger partial charge in [0.2, 0.25) is 11.8 Å². The number of aryl methyl sites for hydroxylation is 1. The van der Waals surface area contributed by atoms with E-state index < -0.39 is 11.9 Å². The third kappa shape index (κ3) is 4.68. The first-order chi connectivity index (χ1) is 16.5. The van der Waals surface area contributed by atoms with Gasteiger partial charge in [-0.2, -0.15) is 0 Å². The smallest absolute Gasteiger partial charge is 0.255 e. The van der Waals surface area contributed by atoms with Gasteiger partial charge in [0.25, 0.3) is 5.91 Å². The zero-order chi connectivity index (χ0) is 23.7. The topological polar surface area (TPSA) is 101 Å². The Bertz CT molecular complexity index is 1120.